The number of fused-ring (bicyclic) bond motifs is 2. The van der Waals surface area contributed by atoms with E-state index >= 15 is 0 Å². The van der Waals surface area contributed by atoms with Gasteiger partial charge in [-0.05, 0) is 62.2 Å². The number of Topliss-reactive ketones (excluding diaryl/α,β-unsaturated/α-hetero) is 1. The lowest BCUT2D eigenvalue weighted by Crippen LogP contribution is -2.73. The second kappa shape index (κ2) is 8.49. The van der Waals surface area contributed by atoms with Crippen molar-refractivity contribution in [2.45, 2.75) is 37.4 Å². The highest BCUT2D eigenvalue weighted by atomic mass is 19.1. The molecule has 2 fully saturated rings. The minimum Gasteiger partial charge on any atom is -0.468 e. The topological polar surface area (TPSA) is 98.9 Å². The number of piperidine rings is 1. The fourth-order valence-electron chi connectivity index (χ4n) is 6.49. The van der Waals surface area contributed by atoms with Crippen LogP contribution in [0.15, 0.2) is 48.5 Å². The highest BCUT2D eigenvalue weighted by molar-refractivity contribution is 6.17. The Morgan fingerprint density at radius 1 is 0.914 bits per heavy atom. The summed E-state index contributed by atoms with van der Waals surface area (Å²) in [5.41, 5.74) is 2.19. The van der Waals surface area contributed by atoms with Crippen LogP contribution in [-0.4, -0.2) is 49.4 Å². The first-order valence-electron chi connectivity index (χ1n) is 11.2. The SMILES string of the molecule is COC(=O)C12CC(C)(N)CC(C(=O)OC)(C1=O)C(c1cccc(F)c1)N(C)C2c1cccc(F)c1. The van der Waals surface area contributed by atoms with E-state index in [9.17, 15) is 23.2 Å². The number of halogens is 2. The fraction of sp³-hybridized carbons (Fsp3) is 0.423. The van der Waals surface area contributed by atoms with Crippen LogP contribution < -0.4 is 5.73 Å². The molecular weight excluding hydrogens is 458 g/mol. The molecule has 4 atom stereocenters. The van der Waals surface area contributed by atoms with Crippen LogP contribution in [-0.2, 0) is 23.9 Å². The van der Waals surface area contributed by atoms with Crippen molar-refractivity contribution < 1.29 is 32.6 Å². The van der Waals surface area contributed by atoms with Gasteiger partial charge >= 0.3 is 11.9 Å². The standard InChI is InChI=1S/C26H28F2N2O5/c1-24(29)13-25(22(32)34-3)19(15-7-5-9-17(27)11-15)30(2)20(16-8-6-10-18(28)12-16)26(14-24,21(25)31)23(33)35-4/h5-12,19-20H,13-14,29H2,1-4H3. The summed E-state index contributed by atoms with van der Waals surface area (Å²) in [6.07, 6.45) is -0.294. The van der Waals surface area contributed by atoms with Crippen LogP contribution in [0.25, 0.3) is 0 Å². The van der Waals surface area contributed by atoms with Gasteiger partial charge in [0.15, 0.2) is 5.78 Å². The van der Waals surface area contributed by atoms with Crippen LogP contribution in [0.2, 0.25) is 0 Å². The highest BCUT2D eigenvalue weighted by Crippen LogP contribution is 2.65. The molecule has 35 heavy (non-hydrogen) atoms. The Balaban J connectivity index is 2.12. The molecule has 0 spiro atoms. The zero-order valence-electron chi connectivity index (χ0n) is 20.0. The second-order valence-electron chi connectivity index (χ2n) is 9.84. The minimum absolute atomic E-state index is 0.147. The van der Waals surface area contributed by atoms with Crippen LogP contribution in [0.1, 0.15) is 43.0 Å². The number of nitrogens with two attached hydrogens (primary N) is 1. The van der Waals surface area contributed by atoms with E-state index in [0.717, 1.165) is 14.2 Å². The third-order valence-electron chi connectivity index (χ3n) is 7.35. The third-order valence-corrected chi connectivity index (χ3v) is 7.35. The summed E-state index contributed by atoms with van der Waals surface area (Å²) in [4.78, 5) is 43.3. The monoisotopic (exact) mass is 486 g/mol. The molecule has 2 N–H and O–H groups in total. The maximum atomic E-state index is 14.6. The van der Waals surface area contributed by atoms with Gasteiger partial charge in [0.1, 0.15) is 22.5 Å². The molecule has 4 rings (SSSR count). The molecule has 4 unspecified atom stereocenters. The highest BCUT2D eigenvalue weighted by Gasteiger charge is 2.76. The lowest BCUT2D eigenvalue weighted by Gasteiger charge is -2.62. The average Bonchev–Trinajstić information content (AvgIpc) is 2.80. The smallest absolute Gasteiger partial charge is 0.321 e. The number of carbonyl (C=O) groups excluding carboxylic acids is 3. The molecule has 2 aromatic rings. The maximum Gasteiger partial charge on any atom is 0.321 e. The first-order chi connectivity index (χ1) is 16.4. The Labute approximate surface area is 202 Å². The van der Waals surface area contributed by atoms with Gasteiger partial charge < -0.3 is 15.2 Å². The van der Waals surface area contributed by atoms with Crippen molar-refractivity contribution in [2.75, 3.05) is 21.3 Å². The van der Waals surface area contributed by atoms with E-state index in [4.69, 9.17) is 15.2 Å². The zero-order valence-corrected chi connectivity index (χ0v) is 20.0. The number of hydrogen-bond donors (Lipinski definition) is 1. The van der Waals surface area contributed by atoms with Gasteiger partial charge in [-0.1, -0.05) is 24.3 Å². The molecule has 2 aromatic carbocycles. The van der Waals surface area contributed by atoms with Crippen molar-refractivity contribution in [1.29, 1.82) is 0 Å². The molecule has 7 nitrogen and oxygen atoms in total. The number of benzene rings is 2. The molecule has 2 bridgehead atoms. The predicted molar refractivity (Wildman–Crippen MR) is 122 cm³/mol. The summed E-state index contributed by atoms with van der Waals surface area (Å²) in [5, 5.41) is 0. The Morgan fingerprint density at radius 3 is 1.66 bits per heavy atom. The fourth-order valence-corrected chi connectivity index (χ4v) is 6.49. The second-order valence-corrected chi connectivity index (χ2v) is 9.84. The summed E-state index contributed by atoms with van der Waals surface area (Å²) in [6.45, 7) is 1.64. The van der Waals surface area contributed by atoms with Gasteiger partial charge in [0, 0.05) is 5.54 Å². The van der Waals surface area contributed by atoms with E-state index in [-0.39, 0.29) is 12.8 Å². The maximum absolute atomic E-state index is 14.6. The van der Waals surface area contributed by atoms with Gasteiger partial charge in [-0.3, -0.25) is 19.3 Å². The van der Waals surface area contributed by atoms with Crippen molar-refractivity contribution in [3.05, 3.63) is 71.3 Å². The average molecular weight is 487 g/mol. The van der Waals surface area contributed by atoms with E-state index in [1.54, 1.807) is 31.0 Å². The summed E-state index contributed by atoms with van der Waals surface area (Å²) >= 11 is 0. The van der Waals surface area contributed by atoms with E-state index in [0.29, 0.717) is 11.1 Å². The van der Waals surface area contributed by atoms with Gasteiger partial charge in [-0.25, -0.2) is 8.78 Å². The Kier molecular flexibility index (Phi) is 6.05. The third kappa shape index (κ3) is 3.56. The van der Waals surface area contributed by atoms with E-state index in [1.807, 2.05) is 0 Å². The van der Waals surface area contributed by atoms with Crippen LogP contribution in [0.3, 0.4) is 0 Å². The number of nitrogens with zero attached hydrogens (tertiary/aromatic N) is 1. The number of likely N-dealkylation sites (tertiary alicyclic amines) is 1. The summed E-state index contributed by atoms with van der Waals surface area (Å²) in [6, 6.07) is 8.96. The quantitative estimate of drug-likeness (QED) is 0.524. The van der Waals surface area contributed by atoms with Crippen molar-refractivity contribution in [3.8, 4) is 0 Å². The molecule has 1 saturated carbocycles. The number of rotatable bonds is 4. The van der Waals surface area contributed by atoms with Crippen molar-refractivity contribution >= 4 is 17.7 Å². The molecular formula is C26H28F2N2O5. The molecule has 2 aliphatic rings. The van der Waals surface area contributed by atoms with Crippen LogP contribution in [0, 0.1) is 22.5 Å². The molecule has 1 heterocycles. The van der Waals surface area contributed by atoms with Crippen LogP contribution >= 0.6 is 0 Å². The Morgan fingerprint density at radius 2 is 1.31 bits per heavy atom. The molecule has 0 amide bonds. The van der Waals surface area contributed by atoms with Crippen LogP contribution in [0.4, 0.5) is 8.78 Å². The lowest BCUT2D eigenvalue weighted by atomic mass is 9.47. The number of methoxy groups -OCH3 is 2. The molecule has 1 saturated heterocycles. The summed E-state index contributed by atoms with van der Waals surface area (Å²) < 4.78 is 39.0. The van der Waals surface area contributed by atoms with Gasteiger partial charge in [0.2, 0.25) is 0 Å². The largest absolute Gasteiger partial charge is 0.468 e. The Hall–Kier alpha value is -3.17. The molecule has 1 aliphatic carbocycles. The summed E-state index contributed by atoms with van der Waals surface area (Å²) in [7, 11) is 3.91. The van der Waals surface area contributed by atoms with E-state index < -0.39 is 57.8 Å². The first-order valence-corrected chi connectivity index (χ1v) is 11.2. The molecule has 0 radical (unpaired) electrons. The number of ether oxygens (including phenoxy) is 2. The van der Waals surface area contributed by atoms with Gasteiger partial charge in [0.05, 0.1) is 26.3 Å². The van der Waals surface area contributed by atoms with Gasteiger partial charge in [0.25, 0.3) is 0 Å². The molecule has 9 heteroatoms. The number of esters is 2. The zero-order chi connectivity index (χ0) is 25.8. The van der Waals surface area contributed by atoms with Crippen LogP contribution in [0.5, 0.6) is 0 Å². The summed E-state index contributed by atoms with van der Waals surface area (Å²) in [5.74, 6) is -3.63. The first kappa shape index (κ1) is 24.9. The Bertz CT molecular complexity index is 1110. The lowest BCUT2D eigenvalue weighted by molar-refractivity contribution is -0.202. The number of carbonyl (C=O) groups is 3. The van der Waals surface area contributed by atoms with Gasteiger partial charge in [-0.15, -0.1) is 0 Å². The van der Waals surface area contributed by atoms with E-state index in [2.05, 4.69) is 0 Å². The number of hydrogen-bond acceptors (Lipinski definition) is 7. The molecule has 1 aliphatic heterocycles. The minimum atomic E-state index is -1.95. The van der Waals surface area contributed by atoms with Crippen molar-refractivity contribution in [1.82, 2.24) is 4.90 Å². The predicted octanol–water partition coefficient (Wildman–Crippen LogP) is 3.09. The van der Waals surface area contributed by atoms with E-state index in [1.165, 1.54) is 36.4 Å². The molecule has 0 aromatic heterocycles. The molecule has 186 valence electrons. The normalized spacial score (nSPS) is 32.7. The number of ketones is 1. The van der Waals surface area contributed by atoms with Crippen molar-refractivity contribution in [2.24, 2.45) is 16.6 Å². The van der Waals surface area contributed by atoms with Gasteiger partial charge in [-0.2, -0.15) is 0 Å². The van der Waals surface area contributed by atoms with Crippen molar-refractivity contribution in [3.63, 3.8) is 0 Å².